The predicted octanol–water partition coefficient (Wildman–Crippen LogP) is 3.80. The zero-order valence-corrected chi connectivity index (χ0v) is 13.2. The minimum Gasteiger partial charge on any atom is -0.378 e. The van der Waals surface area contributed by atoms with Crippen molar-refractivity contribution in [3.05, 3.63) is 108 Å². The first kappa shape index (κ1) is 15.5. The Bertz CT molecular complexity index is 712. The molecule has 0 aliphatic heterocycles. The SMILES string of the molecule is CC(N)(c1ccccc1)C(O)(c1ccccc1)c1ccccc1. The molecular formula is C21H21NO. The Morgan fingerprint density at radius 2 is 0.913 bits per heavy atom. The van der Waals surface area contributed by atoms with Crippen molar-refractivity contribution in [1.29, 1.82) is 0 Å². The molecule has 2 nitrogen and oxygen atoms in total. The van der Waals surface area contributed by atoms with E-state index in [4.69, 9.17) is 5.73 Å². The molecule has 0 aliphatic rings. The van der Waals surface area contributed by atoms with E-state index in [0.29, 0.717) is 0 Å². The molecule has 0 spiro atoms. The van der Waals surface area contributed by atoms with Gasteiger partial charge in [-0.05, 0) is 23.6 Å². The fourth-order valence-corrected chi connectivity index (χ4v) is 3.12. The van der Waals surface area contributed by atoms with Gasteiger partial charge in [-0.15, -0.1) is 0 Å². The predicted molar refractivity (Wildman–Crippen MR) is 93.9 cm³/mol. The summed E-state index contributed by atoms with van der Waals surface area (Å²) in [6.45, 7) is 1.88. The standard InChI is InChI=1S/C21H21NO/c1-20(22,17-11-5-2-6-12-17)21(23,18-13-7-3-8-14-18)19-15-9-4-10-16-19/h2-16,23H,22H2,1H3. The van der Waals surface area contributed by atoms with Gasteiger partial charge in [0.05, 0.1) is 5.54 Å². The van der Waals surface area contributed by atoms with E-state index in [1.54, 1.807) is 0 Å². The third-order valence-corrected chi connectivity index (χ3v) is 4.51. The van der Waals surface area contributed by atoms with Crippen LogP contribution in [0, 0.1) is 0 Å². The lowest BCUT2D eigenvalue weighted by molar-refractivity contribution is 0.00216. The van der Waals surface area contributed by atoms with Crippen LogP contribution in [0.3, 0.4) is 0 Å². The van der Waals surface area contributed by atoms with Gasteiger partial charge in [-0.3, -0.25) is 0 Å². The van der Waals surface area contributed by atoms with Crippen LogP contribution in [0.2, 0.25) is 0 Å². The topological polar surface area (TPSA) is 46.2 Å². The molecule has 0 saturated carbocycles. The van der Waals surface area contributed by atoms with Crippen LogP contribution >= 0.6 is 0 Å². The van der Waals surface area contributed by atoms with Crippen molar-refractivity contribution >= 4 is 0 Å². The zero-order valence-electron chi connectivity index (χ0n) is 13.2. The lowest BCUT2D eigenvalue weighted by Crippen LogP contribution is -2.54. The first-order chi connectivity index (χ1) is 11.1. The number of hydrogen-bond acceptors (Lipinski definition) is 2. The highest BCUT2D eigenvalue weighted by Gasteiger charge is 2.48. The van der Waals surface area contributed by atoms with E-state index in [1.807, 2.05) is 97.9 Å². The van der Waals surface area contributed by atoms with Crippen molar-refractivity contribution in [3.63, 3.8) is 0 Å². The third kappa shape index (κ3) is 2.56. The van der Waals surface area contributed by atoms with Crippen LogP contribution < -0.4 is 5.73 Å². The second kappa shape index (κ2) is 5.99. The van der Waals surface area contributed by atoms with Crippen molar-refractivity contribution < 1.29 is 5.11 Å². The molecule has 3 aromatic rings. The van der Waals surface area contributed by atoms with Gasteiger partial charge in [0.2, 0.25) is 0 Å². The van der Waals surface area contributed by atoms with Crippen LogP contribution in [0.4, 0.5) is 0 Å². The van der Waals surface area contributed by atoms with Crippen LogP contribution in [0.15, 0.2) is 91.0 Å². The molecule has 0 saturated heterocycles. The molecule has 3 rings (SSSR count). The molecule has 0 radical (unpaired) electrons. The highest BCUT2D eigenvalue weighted by atomic mass is 16.3. The molecule has 0 heterocycles. The lowest BCUT2D eigenvalue weighted by atomic mass is 9.69. The van der Waals surface area contributed by atoms with Gasteiger partial charge in [0, 0.05) is 0 Å². The molecule has 0 fully saturated rings. The van der Waals surface area contributed by atoms with Crippen LogP contribution in [0.1, 0.15) is 23.6 Å². The maximum absolute atomic E-state index is 11.8. The van der Waals surface area contributed by atoms with Gasteiger partial charge in [-0.1, -0.05) is 91.0 Å². The average molecular weight is 303 g/mol. The quantitative estimate of drug-likeness (QED) is 0.770. The highest BCUT2D eigenvalue weighted by molar-refractivity contribution is 5.44. The maximum Gasteiger partial charge on any atom is 0.136 e. The van der Waals surface area contributed by atoms with Gasteiger partial charge in [0.15, 0.2) is 0 Å². The summed E-state index contributed by atoms with van der Waals surface area (Å²) in [5.41, 5.74) is 6.85. The third-order valence-electron chi connectivity index (χ3n) is 4.51. The largest absolute Gasteiger partial charge is 0.378 e. The van der Waals surface area contributed by atoms with E-state index >= 15 is 0 Å². The number of rotatable bonds is 4. The molecule has 0 amide bonds. The van der Waals surface area contributed by atoms with Crippen LogP contribution in [-0.2, 0) is 11.1 Å². The Balaban J connectivity index is 2.25. The van der Waals surface area contributed by atoms with Gasteiger partial charge < -0.3 is 10.8 Å². The molecule has 0 aromatic heterocycles. The zero-order chi connectivity index (χ0) is 16.3. The molecular weight excluding hydrogens is 282 g/mol. The fourth-order valence-electron chi connectivity index (χ4n) is 3.12. The normalized spacial score (nSPS) is 14.2. The Labute approximate surface area is 137 Å². The van der Waals surface area contributed by atoms with Gasteiger partial charge in [-0.2, -0.15) is 0 Å². The number of benzene rings is 3. The van der Waals surface area contributed by atoms with Crippen molar-refractivity contribution in [2.24, 2.45) is 5.73 Å². The van der Waals surface area contributed by atoms with Crippen molar-refractivity contribution in [2.45, 2.75) is 18.1 Å². The summed E-state index contributed by atoms with van der Waals surface area (Å²) in [5, 5.41) is 11.8. The summed E-state index contributed by atoms with van der Waals surface area (Å²) >= 11 is 0. The van der Waals surface area contributed by atoms with Crippen LogP contribution in [0.25, 0.3) is 0 Å². The second-order valence-electron chi connectivity index (χ2n) is 6.01. The van der Waals surface area contributed by atoms with E-state index in [9.17, 15) is 5.11 Å². The van der Waals surface area contributed by atoms with Gasteiger partial charge in [0.1, 0.15) is 5.60 Å². The Morgan fingerprint density at radius 3 is 1.26 bits per heavy atom. The number of nitrogens with two attached hydrogens (primary N) is 1. The lowest BCUT2D eigenvalue weighted by Gasteiger charge is -2.43. The molecule has 3 N–H and O–H groups in total. The van der Waals surface area contributed by atoms with E-state index in [2.05, 4.69) is 0 Å². The monoisotopic (exact) mass is 303 g/mol. The van der Waals surface area contributed by atoms with Crippen molar-refractivity contribution in [1.82, 2.24) is 0 Å². The Hall–Kier alpha value is -2.42. The minimum atomic E-state index is -1.34. The van der Waals surface area contributed by atoms with E-state index in [1.165, 1.54) is 0 Å². The van der Waals surface area contributed by atoms with E-state index < -0.39 is 11.1 Å². The van der Waals surface area contributed by atoms with Gasteiger partial charge >= 0.3 is 0 Å². The van der Waals surface area contributed by atoms with Crippen LogP contribution in [0.5, 0.6) is 0 Å². The molecule has 1 unspecified atom stereocenters. The molecule has 2 heteroatoms. The van der Waals surface area contributed by atoms with Gasteiger partial charge in [-0.25, -0.2) is 0 Å². The highest BCUT2D eigenvalue weighted by Crippen LogP contribution is 2.43. The summed E-state index contributed by atoms with van der Waals surface area (Å²) in [6, 6.07) is 29.0. The second-order valence-corrected chi connectivity index (χ2v) is 6.01. The Morgan fingerprint density at radius 1 is 0.609 bits per heavy atom. The summed E-state index contributed by atoms with van der Waals surface area (Å²) in [4.78, 5) is 0. The summed E-state index contributed by atoms with van der Waals surface area (Å²) in [5.74, 6) is 0. The van der Waals surface area contributed by atoms with Gasteiger partial charge in [0.25, 0.3) is 0 Å². The summed E-state index contributed by atoms with van der Waals surface area (Å²) < 4.78 is 0. The molecule has 0 aliphatic carbocycles. The summed E-state index contributed by atoms with van der Waals surface area (Å²) in [6.07, 6.45) is 0. The molecule has 3 aromatic carbocycles. The molecule has 0 bridgehead atoms. The fraction of sp³-hybridized carbons (Fsp3) is 0.143. The first-order valence-corrected chi connectivity index (χ1v) is 7.74. The Kier molecular flexibility index (Phi) is 4.03. The molecule has 116 valence electrons. The van der Waals surface area contributed by atoms with Crippen molar-refractivity contribution in [2.75, 3.05) is 0 Å². The number of aliphatic hydroxyl groups is 1. The molecule has 23 heavy (non-hydrogen) atoms. The summed E-state index contributed by atoms with van der Waals surface area (Å²) in [7, 11) is 0. The number of hydrogen-bond donors (Lipinski definition) is 2. The van der Waals surface area contributed by atoms with E-state index in [-0.39, 0.29) is 0 Å². The maximum atomic E-state index is 11.8. The first-order valence-electron chi connectivity index (χ1n) is 7.74. The van der Waals surface area contributed by atoms with Crippen molar-refractivity contribution in [3.8, 4) is 0 Å². The van der Waals surface area contributed by atoms with E-state index in [0.717, 1.165) is 16.7 Å². The molecule has 1 atom stereocenters. The average Bonchev–Trinajstić information content (AvgIpc) is 2.63. The smallest absolute Gasteiger partial charge is 0.136 e. The van der Waals surface area contributed by atoms with Crippen LogP contribution in [-0.4, -0.2) is 5.11 Å². The minimum absolute atomic E-state index is 0.778.